The topological polar surface area (TPSA) is 130 Å². The smallest absolute Gasteiger partial charge is 0.412 e. The number of aromatic amines is 1. The van der Waals surface area contributed by atoms with Gasteiger partial charge in [-0.05, 0) is 32.3 Å². The molecule has 5 rings (SSSR count). The zero-order chi connectivity index (χ0) is 24.6. The monoisotopic (exact) mass is 472 g/mol. The Hall–Kier alpha value is -4.40. The van der Waals surface area contributed by atoms with Crippen LogP contribution in [0.15, 0.2) is 65.3 Å². The summed E-state index contributed by atoms with van der Waals surface area (Å²) in [6.07, 6.45) is 1.77. The molecule has 0 saturated heterocycles. The van der Waals surface area contributed by atoms with Gasteiger partial charge >= 0.3 is 12.1 Å². The third kappa shape index (κ3) is 4.28. The number of anilines is 1. The quantitative estimate of drug-likeness (QED) is 0.325. The number of hydrogen-bond donors (Lipinski definition) is 3. The molecule has 1 fully saturated rings. The molecule has 0 spiro atoms. The molecule has 9 heteroatoms. The number of aryl methyl sites for hydroxylation is 1. The molecule has 9 nitrogen and oxygen atoms in total. The molecule has 178 valence electrons. The predicted octanol–water partition coefficient (Wildman–Crippen LogP) is 5.47. The van der Waals surface area contributed by atoms with Gasteiger partial charge in [0.25, 0.3) is 0 Å². The third-order valence-electron chi connectivity index (χ3n) is 6.31. The zero-order valence-corrected chi connectivity index (χ0v) is 19.2. The first-order chi connectivity index (χ1) is 16.9. The average Bonchev–Trinajstić information content (AvgIpc) is 3.40. The molecular weight excluding hydrogens is 448 g/mol. The number of hydrogen-bond acceptors (Lipinski definition) is 6. The van der Waals surface area contributed by atoms with E-state index in [4.69, 9.17) is 9.26 Å². The predicted molar refractivity (Wildman–Crippen MR) is 128 cm³/mol. The van der Waals surface area contributed by atoms with Crippen LogP contribution >= 0.6 is 0 Å². The second-order valence-electron chi connectivity index (χ2n) is 8.67. The molecule has 4 aromatic rings. The maximum atomic E-state index is 12.5. The molecule has 0 aliphatic heterocycles. The van der Waals surface area contributed by atoms with E-state index in [9.17, 15) is 14.7 Å². The van der Waals surface area contributed by atoms with Gasteiger partial charge in [-0.1, -0.05) is 59.8 Å². The Morgan fingerprint density at radius 3 is 2.46 bits per heavy atom. The van der Waals surface area contributed by atoms with Crippen LogP contribution < -0.4 is 5.32 Å². The summed E-state index contributed by atoms with van der Waals surface area (Å²) in [6, 6.07) is 16.8. The van der Waals surface area contributed by atoms with Crippen molar-refractivity contribution < 1.29 is 24.0 Å². The van der Waals surface area contributed by atoms with E-state index < -0.39 is 23.6 Å². The van der Waals surface area contributed by atoms with Crippen LogP contribution in [0.2, 0.25) is 0 Å². The van der Waals surface area contributed by atoms with Gasteiger partial charge in [-0.3, -0.25) is 10.1 Å². The number of imidazole rings is 1. The Bertz CT molecular complexity index is 1370. The molecule has 1 aliphatic carbocycles. The number of aliphatic carboxylic acids is 1. The Kier molecular flexibility index (Phi) is 5.60. The first kappa shape index (κ1) is 22.4. The van der Waals surface area contributed by atoms with Crippen LogP contribution in [0.3, 0.4) is 0 Å². The highest BCUT2D eigenvalue weighted by molar-refractivity contribution is 5.91. The van der Waals surface area contributed by atoms with E-state index in [-0.39, 0.29) is 0 Å². The highest BCUT2D eigenvalue weighted by Gasteiger charge is 2.53. The van der Waals surface area contributed by atoms with Gasteiger partial charge in [0.05, 0.1) is 5.69 Å². The first-order valence-corrected chi connectivity index (χ1v) is 11.3. The molecule has 1 saturated carbocycles. The number of nitrogens with zero attached hydrogens (tertiary/aromatic N) is 2. The van der Waals surface area contributed by atoms with E-state index in [1.165, 1.54) is 0 Å². The van der Waals surface area contributed by atoms with Crippen LogP contribution in [0, 0.1) is 6.92 Å². The number of benzene rings is 2. The van der Waals surface area contributed by atoms with Crippen LogP contribution in [0.25, 0.3) is 22.7 Å². The van der Waals surface area contributed by atoms with Gasteiger partial charge < -0.3 is 19.4 Å². The van der Waals surface area contributed by atoms with Crippen molar-refractivity contribution in [2.75, 3.05) is 5.32 Å². The van der Waals surface area contributed by atoms with Gasteiger partial charge in [0.1, 0.15) is 28.7 Å². The van der Waals surface area contributed by atoms with Crippen molar-refractivity contribution >= 4 is 17.7 Å². The van der Waals surface area contributed by atoms with E-state index in [1.54, 1.807) is 20.0 Å². The van der Waals surface area contributed by atoms with Crippen molar-refractivity contribution in [3.8, 4) is 22.7 Å². The van der Waals surface area contributed by atoms with Gasteiger partial charge in [0.15, 0.2) is 5.76 Å². The molecule has 1 aliphatic rings. The number of carbonyl (C=O) groups excluding carboxylic acids is 1. The van der Waals surface area contributed by atoms with Gasteiger partial charge in [0.2, 0.25) is 0 Å². The Morgan fingerprint density at radius 1 is 1.11 bits per heavy atom. The highest BCUT2D eigenvalue weighted by atomic mass is 16.6. The van der Waals surface area contributed by atoms with Crippen LogP contribution in [0.4, 0.5) is 10.5 Å². The molecule has 2 heterocycles. The van der Waals surface area contributed by atoms with Gasteiger partial charge in [0, 0.05) is 17.3 Å². The number of carboxylic acids is 1. The number of aromatic nitrogens is 3. The van der Waals surface area contributed by atoms with E-state index in [0.29, 0.717) is 47.1 Å². The average molecular weight is 473 g/mol. The van der Waals surface area contributed by atoms with Crippen molar-refractivity contribution in [1.29, 1.82) is 0 Å². The van der Waals surface area contributed by atoms with Crippen molar-refractivity contribution in [1.82, 2.24) is 15.1 Å². The molecular formula is C26H24N4O5. The van der Waals surface area contributed by atoms with Crippen molar-refractivity contribution in [2.45, 2.75) is 38.2 Å². The molecule has 35 heavy (non-hydrogen) atoms. The maximum absolute atomic E-state index is 12.5. The summed E-state index contributed by atoms with van der Waals surface area (Å²) in [5, 5.41) is 16.2. The minimum Gasteiger partial charge on any atom is -0.481 e. The molecule has 1 amide bonds. The maximum Gasteiger partial charge on any atom is 0.412 e. The first-order valence-electron chi connectivity index (χ1n) is 11.3. The Balaban J connectivity index is 1.31. The molecule has 0 bridgehead atoms. The second kappa shape index (κ2) is 8.75. The summed E-state index contributed by atoms with van der Waals surface area (Å²) in [5.74, 6) is 0.159. The summed E-state index contributed by atoms with van der Waals surface area (Å²) in [4.78, 5) is 31.6. The largest absolute Gasteiger partial charge is 0.481 e. The standard InChI is InChI=1S/C26H24N4O5/c1-15-21(29-25(33)34-16(2)17-6-4-3-5-7-17)22(35-30-15)18-8-10-19(11-9-18)23-27-14-20(28-23)26(12-13-26)24(31)32/h3-11,14,16H,12-13H2,1-2H3,(H,27,28)(H,29,33)(H,31,32). The van der Waals surface area contributed by atoms with Gasteiger partial charge in [-0.2, -0.15) is 0 Å². The molecule has 2 aromatic carbocycles. The SMILES string of the molecule is Cc1noc(-c2ccc(-c3ncc(C4(C(=O)O)CC4)[nH]3)cc2)c1NC(=O)OC(C)c1ccccc1. The lowest BCUT2D eigenvalue weighted by atomic mass is 10.0. The summed E-state index contributed by atoms with van der Waals surface area (Å²) in [5.41, 5.74) is 3.12. The van der Waals surface area contributed by atoms with E-state index in [2.05, 4.69) is 20.4 Å². The highest BCUT2D eigenvalue weighted by Crippen LogP contribution is 2.48. The number of rotatable bonds is 7. The fraction of sp³-hybridized carbons (Fsp3) is 0.231. The normalized spacial score (nSPS) is 14.8. The van der Waals surface area contributed by atoms with E-state index >= 15 is 0 Å². The number of H-pyrrole nitrogens is 1. The fourth-order valence-electron chi connectivity index (χ4n) is 4.01. The molecule has 2 aromatic heterocycles. The summed E-state index contributed by atoms with van der Waals surface area (Å²) >= 11 is 0. The Morgan fingerprint density at radius 2 is 1.80 bits per heavy atom. The van der Waals surface area contributed by atoms with Crippen LogP contribution in [0.1, 0.15) is 42.8 Å². The van der Waals surface area contributed by atoms with Crippen LogP contribution in [0.5, 0.6) is 0 Å². The van der Waals surface area contributed by atoms with E-state index in [0.717, 1.165) is 11.1 Å². The lowest BCUT2D eigenvalue weighted by Gasteiger charge is -2.14. The van der Waals surface area contributed by atoms with E-state index in [1.807, 2.05) is 54.6 Å². The Labute approximate surface area is 201 Å². The summed E-state index contributed by atoms with van der Waals surface area (Å²) in [6.45, 7) is 3.54. The number of carbonyl (C=O) groups is 2. The summed E-state index contributed by atoms with van der Waals surface area (Å²) < 4.78 is 11.0. The molecule has 1 atom stereocenters. The lowest BCUT2D eigenvalue weighted by Crippen LogP contribution is -2.19. The van der Waals surface area contributed by atoms with Gasteiger partial charge in [-0.25, -0.2) is 9.78 Å². The minimum absolute atomic E-state index is 0.404. The second-order valence-corrected chi connectivity index (χ2v) is 8.67. The zero-order valence-electron chi connectivity index (χ0n) is 19.2. The minimum atomic E-state index is -0.838. The van der Waals surface area contributed by atoms with Gasteiger partial charge in [-0.15, -0.1) is 0 Å². The van der Waals surface area contributed by atoms with Crippen molar-refractivity contribution in [2.24, 2.45) is 0 Å². The van der Waals surface area contributed by atoms with Crippen LogP contribution in [-0.4, -0.2) is 32.3 Å². The number of amides is 1. The number of nitrogens with one attached hydrogen (secondary N) is 2. The molecule has 1 unspecified atom stereocenters. The van der Waals surface area contributed by atoms with Crippen molar-refractivity contribution in [3.05, 3.63) is 77.7 Å². The fourth-order valence-corrected chi connectivity index (χ4v) is 4.01. The third-order valence-corrected chi connectivity index (χ3v) is 6.31. The van der Waals surface area contributed by atoms with Crippen LogP contribution in [-0.2, 0) is 14.9 Å². The van der Waals surface area contributed by atoms with Crippen molar-refractivity contribution in [3.63, 3.8) is 0 Å². The molecule has 0 radical (unpaired) electrons. The number of carboxylic acid groups (broad SMARTS) is 1. The number of ether oxygens (including phenoxy) is 1. The lowest BCUT2D eigenvalue weighted by molar-refractivity contribution is -0.140. The summed E-state index contributed by atoms with van der Waals surface area (Å²) in [7, 11) is 0. The molecule has 3 N–H and O–H groups in total.